The molecule has 180 valence electrons. The van der Waals surface area contributed by atoms with Gasteiger partial charge < -0.3 is 5.32 Å². The number of anilines is 1. The van der Waals surface area contributed by atoms with Gasteiger partial charge in [0, 0.05) is 10.9 Å². The molecule has 2 aromatic carbocycles. The average Bonchev–Trinajstić information content (AvgIpc) is 2.79. The molecule has 0 bridgehead atoms. The fourth-order valence-electron chi connectivity index (χ4n) is 4.52. The quantitative estimate of drug-likeness (QED) is 0.527. The molecule has 8 heteroatoms. The number of nitrogens with one attached hydrogen (secondary N) is 1. The first-order valence-corrected chi connectivity index (χ1v) is 12.2. The van der Waals surface area contributed by atoms with Crippen LogP contribution in [0.3, 0.4) is 0 Å². The maximum atomic E-state index is 13.3. The van der Waals surface area contributed by atoms with Gasteiger partial charge >= 0.3 is 6.18 Å². The van der Waals surface area contributed by atoms with Crippen molar-refractivity contribution < 1.29 is 22.8 Å². The second kappa shape index (κ2) is 9.86. The topological polar surface area (TPSA) is 49.4 Å². The van der Waals surface area contributed by atoms with E-state index in [9.17, 15) is 22.8 Å². The van der Waals surface area contributed by atoms with Gasteiger partial charge in [-0.1, -0.05) is 62.7 Å². The second-order valence-electron chi connectivity index (χ2n) is 9.03. The molecule has 0 radical (unpaired) electrons. The Balaban J connectivity index is 1.55. The van der Waals surface area contributed by atoms with E-state index >= 15 is 0 Å². The predicted octanol–water partition coefficient (Wildman–Crippen LogP) is 6.13. The van der Waals surface area contributed by atoms with Crippen LogP contribution < -0.4 is 10.2 Å². The molecule has 1 aliphatic heterocycles. The SMILES string of the molecule is C[C@H]1[C@H](C)CCC[C@@H]1NC(=O)CN1C(=O)/C(=C\c2ccc(C(F)(F)F)cc2)Sc2ccccc21. The monoisotopic (exact) mass is 488 g/mol. The van der Waals surface area contributed by atoms with E-state index in [4.69, 9.17) is 0 Å². The van der Waals surface area contributed by atoms with Gasteiger partial charge in [-0.15, -0.1) is 0 Å². The van der Waals surface area contributed by atoms with E-state index in [0.29, 0.717) is 28.0 Å². The van der Waals surface area contributed by atoms with Crippen LogP contribution in [0.25, 0.3) is 6.08 Å². The summed E-state index contributed by atoms with van der Waals surface area (Å²) in [5, 5.41) is 3.12. The van der Waals surface area contributed by atoms with Crippen molar-refractivity contribution in [3.05, 3.63) is 64.6 Å². The minimum atomic E-state index is -4.42. The molecule has 4 nitrogen and oxygen atoms in total. The van der Waals surface area contributed by atoms with Crippen molar-refractivity contribution in [3.63, 3.8) is 0 Å². The van der Waals surface area contributed by atoms with Crippen molar-refractivity contribution in [2.75, 3.05) is 11.4 Å². The molecule has 2 amide bonds. The summed E-state index contributed by atoms with van der Waals surface area (Å²) in [6.07, 6.45) is 0.298. The van der Waals surface area contributed by atoms with Crippen LogP contribution in [-0.2, 0) is 15.8 Å². The van der Waals surface area contributed by atoms with Crippen LogP contribution in [-0.4, -0.2) is 24.4 Å². The van der Waals surface area contributed by atoms with Crippen molar-refractivity contribution in [1.29, 1.82) is 0 Å². The van der Waals surface area contributed by atoms with Gasteiger partial charge in [0.05, 0.1) is 16.2 Å². The van der Waals surface area contributed by atoms with Crippen molar-refractivity contribution in [3.8, 4) is 0 Å². The molecule has 1 fully saturated rings. The molecule has 0 unspecified atom stereocenters. The fourth-order valence-corrected chi connectivity index (χ4v) is 5.58. The van der Waals surface area contributed by atoms with Crippen molar-refractivity contribution in [2.24, 2.45) is 11.8 Å². The first-order chi connectivity index (χ1) is 16.1. The third kappa shape index (κ3) is 5.32. The number of nitrogens with zero attached hydrogens (tertiary/aromatic N) is 1. The first-order valence-electron chi connectivity index (χ1n) is 11.4. The molecule has 2 aromatic rings. The standard InChI is InChI=1S/C26H27F3N2O2S/c1-16-6-5-7-20(17(16)2)30-24(32)15-31-21-8-3-4-9-22(21)34-23(25(31)33)14-18-10-12-19(13-11-18)26(27,28)29/h3-4,8-14,16-17,20H,5-7,15H2,1-2H3,(H,30,32)/b23-14+/t16-,17+,20+/m1/s1. The van der Waals surface area contributed by atoms with Crippen LogP contribution in [0.15, 0.2) is 58.3 Å². The van der Waals surface area contributed by atoms with Gasteiger partial charge in [-0.3, -0.25) is 14.5 Å². The predicted molar refractivity (Wildman–Crippen MR) is 128 cm³/mol. The molecule has 3 atom stereocenters. The van der Waals surface area contributed by atoms with Crippen LogP contribution in [0, 0.1) is 11.8 Å². The zero-order valence-electron chi connectivity index (χ0n) is 19.1. The normalized spacial score (nSPS) is 24.1. The summed E-state index contributed by atoms with van der Waals surface area (Å²) in [7, 11) is 0. The molecule has 0 aromatic heterocycles. The maximum Gasteiger partial charge on any atom is 0.416 e. The number of rotatable bonds is 4. The van der Waals surface area contributed by atoms with Gasteiger partial charge in [-0.25, -0.2) is 0 Å². The van der Waals surface area contributed by atoms with Crippen LogP contribution in [0.5, 0.6) is 0 Å². The molecule has 4 rings (SSSR count). The molecule has 0 saturated heterocycles. The summed E-state index contributed by atoms with van der Waals surface area (Å²) in [6.45, 7) is 4.24. The molecule has 0 spiro atoms. The Morgan fingerprint density at radius 1 is 1.12 bits per heavy atom. The van der Waals surface area contributed by atoms with E-state index in [-0.39, 0.29) is 24.4 Å². The Labute approximate surface area is 201 Å². The van der Waals surface area contributed by atoms with Gasteiger partial charge in [-0.2, -0.15) is 13.2 Å². The Kier molecular flexibility index (Phi) is 7.07. The first kappa shape index (κ1) is 24.4. The Bertz CT molecular complexity index is 1100. The molecule has 1 heterocycles. The number of amides is 2. The lowest BCUT2D eigenvalue weighted by atomic mass is 9.78. The Morgan fingerprint density at radius 2 is 1.82 bits per heavy atom. The van der Waals surface area contributed by atoms with Crippen LogP contribution >= 0.6 is 11.8 Å². The number of carbonyl (C=O) groups excluding carboxylic acids is 2. The van der Waals surface area contributed by atoms with E-state index in [1.165, 1.54) is 28.8 Å². The number of carbonyl (C=O) groups is 2. The van der Waals surface area contributed by atoms with E-state index in [0.717, 1.165) is 36.3 Å². The molecular weight excluding hydrogens is 461 g/mol. The molecule has 1 aliphatic carbocycles. The number of alkyl halides is 3. The fraction of sp³-hybridized carbons (Fsp3) is 0.385. The highest BCUT2D eigenvalue weighted by molar-refractivity contribution is 8.04. The number of benzene rings is 2. The minimum absolute atomic E-state index is 0.0860. The van der Waals surface area contributed by atoms with Crippen LogP contribution in [0.4, 0.5) is 18.9 Å². The minimum Gasteiger partial charge on any atom is -0.352 e. The Morgan fingerprint density at radius 3 is 2.53 bits per heavy atom. The van der Waals surface area contributed by atoms with Gasteiger partial charge in [-0.05, 0) is 54.2 Å². The smallest absolute Gasteiger partial charge is 0.352 e. The van der Waals surface area contributed by atoms with Gasteiger partial charge in [0.2, 0.25) is 5.91 Å². The Hall–Kier alpha value is -2.74. The number of thioether (sulfide) groups is 1. The summed E-state index contributed by atoms with van der Waals surface area (Å²) in [4.78, 5) is 28.9. The molecule has 2 aliphatic rings. The van der Waals surface area contributed by atoms with E-state index in [2.05, 4.69) is 19.2 Å². The van der Waals surface area contributed by atoms with E-state index in [1.54, 1.807) is 12.1 Å². The van der Waals surface area contributed by atoms with Gasteiger partial charge in [0.25, 0.3) is 5.91 Å². The number of para-hydroxylation sites is 1. The largest absolute Gasteiger partial charge is 0.416 e. The van der Waals surface area contributed by atoms with Crippen LogP contribution in [0.1, 0.15) is 44.2 Å². The lowest BCUT2D eigenvalue weighted by Gasteiger charge is -2.35. The number of hydrogen-bond donors (Lipinski definition) is 1. The zero-order valence-corrected chi connectivity index (χ0v) is 19.9. The highest BCUT2D eigenvalue weighted by Crippen LogP contribution is 2.42. The van der Waals surface area contributed by atoms with Crippen molar-refractivity contribution in [2.45, 2.75) is 50.2 Å². The van der Waals surface area contributed by atoms with Crippen molar-refractivity contribution in [1.82, 2.24) is 5.32 Å². The summed E-state index contributed by atoms with van der Waals surface area (Å²) in [6, 6.07) is 12.1. The number of hydrogen-bond acceptors (Lipinski definition) is 3. The summed E-state index contributed by atoms with van der Waals surface area (Å²) < 4.78 is 38.6. The van der Waals surface area contributed by atoms with E-state index < -0.39 is 11.7 Å². The molecule has 1 N–H and O–H groups in total. The highest BCUT2D eigenvalue weighted by Gasteiger charge is 2.33. The maximum absolute atomic E-state index is 13.3. The van der Waals surface area contributed by atoms with Crippen LogP contribution in [0.2, 0.25) is 0 Å². The molecular formula is C26H27F3N2O2S. The second-order valence-corrected chi connectivity index (χ2v) is 10.1. The van der Waals surface area contributed by atoms with E-state index in [1.807, 2.05) is 18.2 Å². The summed E-state index contributed by atoms with van der Waals surface area (Å²) in [5.41, 5.74) is 0.395. The third-order valence-corrected chi connectivity index (χ3v) is 7.80. The lowest BCUT2D eigenvalue weighted by molar-refractivity contribution is -0.137. The molecule has 1 saturated carbocycles. The molecule has 34 heavy (non-hydrogen) atoms. The number of fused-ring (bicyclic) bond motifs is 1. The number of halogens is 3. The summed E-state index contributed by atoms with van der Waals surface area (Å²) in [5.74, 6) is 0.345. The van der Waals surface area contributed by atoms with Gasteiger partial charge in [0.1, 0.15) is 6.54 Å². The highest BCUT2D eigenvalue weighted by atomic mass is 32.2. The third-order valence-electron chi connectivity index (χ3n) is 6.72. The van der Waals surface area contributed by atoms with Gasteiger partial charge in [0.15, 0.2) is 0 Å². The van der Waals surface area contributed by atoms with Crippen molar-refractivity contribution >= 4 is 35.3 Å². The zero-order chi connectivity index (χ0) is 24.5. The lowest BCUT2D eigenvalue weighted by Crippen LogP contribution is -2.49. The average molecular weight is 489 g/mol. The summed E-state index contributed by atoms with van der Waals surface area (Å²) >= 11 is 1.25.